The summed E-state index contributed by atoms with van der Waals surface area (Å²) in [5.74, 6) is 0.699. The summed E-state index contributed by atoms with van der Waals surface area (Å²) in [6.45, 7) is 0.783. The molecule has 5 nitrogen and oxygen atoms in total. The van der Waals surface area contributed by atoms with Gasteiger partial charge in [-0.3, -0.25) is 0 Å². The van der Waals surface area contributed by atoms with Crippen molar-refractivity contribution in [2.24, 2.45) is 0 Å². The van der Waals surface area contributed by atoms with Crippen molar-refractivity contribution in [3.8, 4) is 5.75 Å². The third kappa shape index (κ3) is 5.14. The SMILES string of the molecule is Cl.Cl.OC(CNC1CCc2ccccc2C1)COc1cccc2[nH]cnc12. The second-order valence-electron chi connectivity index (χ2n) is 6.64. The molecule has 1 aliphatic carbocycles. The van der Waals surface area contributed by atoms with E-state index in [4.69, 9.17) is 4.74 Å². The lowest BCUT2D eigenvalue weighted by Gasteiger charge is -2.26. The van der Waals surface area contributed by atoms with Gasteiger partial charge in [0.2, 0.25) is 0 Å². The number of aliphatic hydroxyl groups is 1. The first-order chi connectivity index (χ1) is 12.3. The number of halogens is 2. The minimum Gasteiger partial charge on any atom is -0.488 e. The molecule has 3 aromatic rings. The number of nitrogens with one attached hydrogen (secondary N) is 2. The van der Waals surface area contributed by atoms with Crippen molar-refractivity contribution in [3.05, 3.63) is 59.9 Å². The van der Waals surface area contributed by atoms with Crippen molar-refractivity contribution < 1.29 is 9.84 Å². The molecule has 0 bridgehead atoms. The Morgan fingerprint density at radius 1 is 1.15 bits per heavy atom. The lowest BCUT2D eigenvalue weighted by molar-refractivity contribution is 0.103. The van der Waals surface area contributed by atoms with E-state index in [2.05, 4.69) is 39.6 Å². The van der Waals surface area contributed by atoms with E-state index in [0.29, 0.717) is 18.3 Å². The molecule has 0 fully saturated rings. The zero-order chi connectivity index (χ0) is 17.1. The van der Waals surface area contributed by atoms with E-state index < -0.39 is 6.10 Å². The van der Waals surface area contributed by atoms with Crippen LogP contribution in [0.1, 0.15) is 17.5 Å². The second-order valence-corrected chi connectivity index (χ2v) is 6.64. The van der Waals surface area contributed by atoms with Gasteiger partial charge in [0.15, 0.2) is 0 Å². The topological polar surface area (TPSA) is 70.2 Å². The number of imidazole rings is 1. The summed E-state index contributed by atoms with van der Waals surface area (Å²) < 4.78 is 5.76. The molecule has 0 amide bonds. The quantitative estimate of drug-likeness (QED) is 0.583. The van der Waals surface area contributed by atoms with Crippen LogP contribution in [0.2, 0.25) is 0 Å². The average molecular weight is 410 g/mol. The van der Waals surface area contributed by atoms with Gasteiger partial charge in [-0.05, 0) is 42.5 Å². The molecule has 0 saturated carbocycles. The fourth-order valence-corrected chi connectivity index (χ4v) is 3.47. The van der Waals surface area contributed by atoms with Crippen LogP contribution in [0.5, 0.6) is 5.75 Å². The number of hydrogen-bond acceptors (Lipinski definition) is 4. The van der Waals surface area contributed by atoms with Crippen molar-refractivity contribution in [2.45, 2.75) is 31.4 Å². The molecule has 0 aliphatic heterocycles. The first kappa shape index (κ1) is 21.5. The number of ether oxygens (including phenoxy) is 1. The number of aromatic nitrogens is 2. The predicted octanol–water partition coefficient (Wildman–Crippen LogP) is 3.29. The molecule has 1 aromatic heterocycles. The van der Waals surface area contributed by atoms with Crippen LogP contribution >= 0.6 is 24.8 Å². The largest absolute Gasteiger partial charge is 0.488 e. The maximum absolute atomic E-state index is 10.2. The van der Waals surface area contributed by atoms with Crippen LogP contribution in [-0.2, 0) is 12.8 Å². The highest BCUT2D eigenvalue weighted by molar-refractivity contribution is 5.85. The molecule has 0 radical (unpaired) electrons. The fourth-order valence-electron chi connectivity index (χ4n) is 3.47. The van der Waals surface area contributed by atoms with Crippen molar-refractivity contribution in [1.29, 1.82) is 0 Å². The highest BCUT2D eigenvalue weighted by Gasteiger charge is 2.18. The summed E-state index contributed by atoms with van der Waals surface area (Å²) in [6.07, 6.45) is 4.33. The maximum atomic E-state index is 10.2. The number of hydrogen-bond donors (Lipinski definition) is 3. The Bertz CT molecular complexity index is 856. The summed E-state index contributed by atoms with van der Waals surface area (Å²) >= 11 is 0. The second kappa shape index (κ2) is 9.95. The summed E-state index contributed by atoms with van der Waals surface area (Å²) in [6, 6.07) is 14.8. The fraction of sp³-hybridized carbons (Fsp3) is 0.350. The van der Waals surface area contributed by atoms with Gasteiger partial charge in [-0.15, -0.1) is 24.8 Å². The third-order valence-electron chi connectivity index (χ3n) is 4.83. The van der Waals surface area contributed by atoms with E-state index in [1.165, 1.54) is 11.1 Å². The number of nitrogens with zero attached hydrogens (tertiary/aromatic N) is 1. The van der Waals surface area contributed by atoms with Gasteiger partial charge in [0.1, 0.15) is 24.0 Å². The number of para-hydroxylation sites is 1. The first-order valence-electron chi connectivity index (χ1n) is 8.83. The summed E-state index contributed by atoms with van der Waals surface area (Å²) in [5.41, 5.74) is 4.61. The molecule has 1 aliphatic rings. The number of H-pyrrole nitrogens is 1. The molecule has 2 atom stereocenters. The number of aryl methyl sites for hydroxylation is 1. The number of rotatable bonds is 6. The van der Waals surface area contributed by atoms with Crippen LogP contribution in [-0.4, -0.2) is 40.4 Å². The van der Waals surface area contributed by atoms with E-state index in [9.17, 15) is 5.11 Å². The van der Waals surface area contributed by atoms with Gasteiger partial charge < -0.3 is 20.1 Å². The number of benzene rings is 2. The molecule has 27 heavy (non-hydrogen) atoms. The first-order valence-corrected chi connectivity index (χ1v) is 8.83. The Labute approximate surface area is 171 Å². The highest BCUT2D eigenvalue weighted by atomic mass is 35.5. The zero-order valence-electron chi connectivity index (χ0n) is 14.9. The smallest absolute Gasteiger partial charge is 0.147 e. The summed E-state index contributed by atoms with van der Waals surface area (Å²) in [7, 11) is 0. The molecule has 0 saturated heterocycles. The number of aliphatic hydroxyl groups excluding tert-OH is 1. The van der Waals surface area contributed by atoms with Crippen molar-refractivity contribution >= 4 is 35.8 Å². The molecule has 2 aromatic carbocycles. The standard InChI is InChI=1S/C20H23N3O2.2ClH/c24-17(12-25-19-7-3-6-18-20(19)23-13-22-18)11-21-16-9-8-14-4-1-2-5-15(14)10-16;;/h1-7,13,16-17,21,24H,8-12H2,(H,22,23);2*1H. The molecule has 4 rings (SSSR count). The van der Waals surface area contributed by atoms with Crippen molar-refractivity contribution in [2.75, 3.05) is 13.2 Å². The highest BCUT2D eigenvalue weighted by Crippen LogP contribution is 2.22. The lowest BCUT2D eigenvalue weighted by Crippen LogP contribution is -2.40. The van der Waals surface area contributed by atoms with E-state index in [0.717, 1.165) is 30.3 Å². The van der Waals surface area contributed by atoms with E-state index >= 15 is 0 Å². The Hall–Kier alpha value is -1.79. The molecule has 0 spiro atoms. The van der Waals surface area contributed by atoms with Gasteiger partial charge in [-0.2, -0.15) is 0 Å². The molecule has 7 heteroatoms. The van der Waals surface area contributed by atoms with Gasteiger partial charge in [-0.1, -0.05) is 30.3 Å². The molecule has 146 valence electrons. The van der Waals surface area contributed by atoms with Gasteiger partial charge >= 0.3 is 0 Å². The van der Waals surface area contributed by atoms with E-state index in [1.54, 1.807) is 6.33 Å². The normalized spacial score (nSPS) is 16.7. The molecule has 1 heterocycles. The Morgan fingerprint density at radius 3 is 2.81 bits per heavy atom. The van der Waals surface area contributed by atoms with Crippen LogP contribution < -0.4 is 10.1 Å². The Morgan fingerprint density at radius 2 is 1.96 bits per heavy atom. The summed E-state index contributed by atoms with van der Waals surface area (Å²) in [4.78, 5) is 7.32. The number of aromatic amines is 1. The zero-order valence-corrected chi connectivity index (χ0v) is 16.6. The van der Waals surface area contributed by atoms with Crippen molar-refractivity contribution in [3.63, 3.8) is 0 Å². The minimum absolute atomic E-state index is 0. The van der Waals surface area contributed by atoms with Gasteiger partial charge in [0.25, 0.3) is 0 Å². The van der Waals surface area contributed by atoms with Gasteiger partial charge in [-0.25, -0.2) is 4.98 Å². The van der Waals surface area contributed by atoms with Crippen LogP contribution in [0, 0.1) is 0 Å². The molecule has 2 unspecified atom stereocenters. The van der Waals surface area contributed by atoms with Crippen LogP contribution in [0.25, 0.3) is 11.0 Å². The Kier molecular flexibility index (Phi) is 7.92. The van der Waals surface area contributed by atoms with Crippen molar-refractivity contribution in [1.82, 2.24) is 15.3 Å². The summed E-state index contributed by atoms with van der Waals surface area (Å²) in [5, 5.41) is 13.7. The van der Waals surface area contributed by atoms with E-state index in [-0.39, 0.29) is 31.4 Å². The molecular formula is C20H25Cl2N3O2. The van der Waals surface area contributed by atoms with Gasteiger partial charge in [0.05, 0.1) is 11.8 Å². The Balaban J connectivity index is 0.00000131. The van der Waals surface area contributed by atoms with Gasteiger partial charge in [0, 0.05) is 12.6 Å². The molecule has 3 N–H and O–H groups in total. The lowest BCUT2D eigenvalue weighted by atomic mass is 9.88. The third-order valence-corrected chi connectivity index (χ3v) is 4.83. The average Bonchev–Trinajstić information content (AvgIpc) is 3.14. The van der Waals surface area contributed by atoms with Crippen LogP contribution in [0.3, 0.4) is 0 Å². The van der Waals surface area contributed by atoms with E-state index in [1.807, 2.05) is 18.2 Å². The minimum atomic E-state index is -0.550. The van der Waals surface area contributed by atoms with Crippen LogP contribution in [0.15, 0.2) is 48.8 Å². The maximum Gasteiger partial charge on any atom is 0.147 e. The monoisotopic (exact) mass is 409 g/mol. The molecular weight excluding hydrogens is 385 g/mol. The number of fused-ring (bicyclic) bond motifs is 2. The predicted molar refractivity (Wildman–Crippen MR) is 112 cm³/mol. The van der Waals surface area contributed by atoms with Crippen LogP contribution in [0.4, 0.5) is 0 Å².